The average molecular weight is 633 g/mol. The van der Waals surface area contributed by atoms with Crippen molar-refractivity contribution in [1.29, 1.82) is 0 Å². The molecule has 0 aliphatic heterocycles. The highest BCUT2D eigenvalue weighted by atomic mass is 79.9. The molecule has 0 spiro atoms. The van der Waals surface area contributed by atoms with E-state index in [0.29, 0.717) is 6.54 Å². The number of nitrogens with two attached hydrogens (primary N) is 2. The minimum Gasteiger partial charge on any atom is -0.370 e. The second-order valence-corrected chi connectivity index (χ2v) is 9.52. The Bertz CT molecular complexity index is 770. The molecule has 0 saturated heterocycles. The summed E-state index contributed by atoms with van der Waals surface area (Å²) in [5, 5.41) is 0. The van der Waals surface area contributed by atoms with E-state index < -0.39 is 0 Å². The van der Waals surface area contributed by atoms with Crippen molar-refractivity contribution in [3.8, 4) is 0 Å². The number of nitrogens with zero attached hydrogens (tertiary/aromatic N) is 4. The van der Waals surface area contributed by atoms with Gasteiger partial charge in [0.15, 0.2) is 5.96 Å². The van der Waals surface area contributed by atoms with Gasteiger partial charge in [-0.1, -0.05) is 0 Å². The van der Waals surface area contributed by atoms with Gasteiger partial charge in [-0.05, 0) is 97.2 Å². The molecular weight excluding hydrogens is 610 g/mol. The van der Waals surface area contributed by atoms with Crippen LogP contribution in [0.3, 0.4) is 0 Å². The highest BCUT2D eigenvalue weighted by Gasteiger charge is 2.19. The number of aromatic amines is 1. The fourth-order valence-corrected chi connectivity index (χ4v) is 4.89. The molecule has 0 amide bonds. The van der Waals surface area contributed by atoms with E-state index in [2.05, 4.69) is 97.6 Å². The van der Waals surface area contributed by atoms with Crippen LogP contribution in [0, 0.1) is 0 Å². The van der Waals surface area contributed by atoms with Gasteiger partial charge in [0, 0.05) is 28.6 Å². The number of nitrogens with one attached hydrogen (secondary N) is 1. The Hall–Kier alpha value is -0.360. The Morgan fingerprint density at radius 1 is 0.963 bits per heavy atom. The molecule has 2 aromatic rings. The molecule has 0 bridgehead atoms. The number of aliphatic imine (C=N–C) groups is 1. The van der Waals surface area contributed by atoms with Gasteiger partial charge in [-0.2, -0.15) is 0 Å². The molecule has 0 atom stereocenters. The van der Waals surface area contributed by atoms with Gasteiger partial charge in [0.1, 0.15) is 5.52 Å². The summed E-state index contributed by atoms with van der Waals surface area (Å²) in [4.78, 5) is 16.8. The Balaban J connectivity index is 2.28. The monoisotopic (exact) mass is 629 g/mol. The van der Waals surface area contributed by atoms with Crippen LogP contribution in [-0.4, -0.2) is 61.1 Å². The SMILES string of the molecule is CN(C)CCCN(CCCN=C(N)N)c1nc2c(Br)c(Br)c(Br)c(Br)c2[nH]1. The van der Waals surface area contributed by atoms with Gasteiger partial charge in [-0.3, -0.25) is 4.99 Å². The van der Waals surface area contributed by atoms with Crippen LogP contribution in [0.5, 0.6) is 0 Å². The zero-order chi connectivity index (χ0) is 20.1. The molecule has 1 heterocycles. The van der Waals surface area contributed by atoms with Gasteiger partial charge in [0.05, 0.1) is 14.5 Å². The molecule has 7 nitrogen and oxygen atoms in total. The number of benzene rings is 1. The first kappa shape index (κ1) is 22.9. The van der Waals surface area contributed by atoms with Crippen molar-refractivity contribution >= 4 is 86.7 Å². The van der Waals surface area contributed by atoms with E-state index in [9.17, 15) is 0 Å². The van der Waals surface area contributed by atoms with Crippen LogP contribution in [0.25, 0.3) is 11.0 Å². The fourth-order valence-electron chi connectivity index (χ4n) is 2.61. The molecule has 1 aromatic carbocycles. The predicted molar refractivity (Wildman–Crippen MR) is 128 cm³/mol. The summed E-state index contributed by atoms with van der Waals surface area (Å²) in [5.41, 5.74) is 12.6. The maximum atomic E-state index is 5.42. The minimum atomic E-state index is 0.125. The van der Waals surface area contributed by atoms with Gasteiger partial charge < -0.3 is 26.3 Å². The third kappa shape index (κ3) is 6.06. The molecule has 0 aliphatic carbocycles. The normalized spacial score (nSPS) is 11.4. The first-order chi connectivity index (χ1) is 12.7. The lowest BCUT2D eigenvalue weighted by molar-refractivity contribution is 0.399. The highest BCUT2D eigenvalue weighted by Crippen LogP contribution is 2.43. The molecule has 1 aromatic heterocycles. The number of aromatic nitrogens is 2. The number of fused-ring (bicyclic) bond motifs is 1. The topological polar surface area (TPSA) is 99.6 Å². The lowest BCUT2D eigenvalue weighted by Crippen LogP contribution is -2.30. The van der Waals surface area contributed by atoms with E-state index >= 15 is 0 Å². The summed E-state index contributed by atoms with van der Waals surface area (Å²) in [6.45, 7) is 3.30. The van der Waals surface area contributed by atoms with Gasteiger partial charge in [-0.25, -0.2) is 4.98 Å². The summed E-state index contributed by atoms with van der Waals surface area (Å²) in [7, 11) is 4.15. The first-order valence-electron chi connectivity index (χ1n) is 8.39. The highest BCUT2D eigenvalue weighted by molar-refractivity contribution is 9.15. The van der Waals surface area contributed by atoms with E-state index in [0.717, 1.165) is 67.3 Å². The van der Waals surface area contributed by atoms with Gasteiger partial charge in [0.25, 0.3) is 0 Å². The smallest absolute Gasteiger partial charge is 0.203 e. The van der Waals surface area contributed by atoms with Crippen molar-refractivity contribution < 1.29 is 0 Å². The lowest BCUT2D eigenvalue weighted by atomic mass is 10.3. The number of H-pyrrole nitrogens is 1. The number of imidazole rings is 1. The summed E-state index contributed by atoms with van der Waals surface area (Å²) >= 11 is 14.4. The maximum Gasteiger partial charge on any atom is 0.203 e. The fraction of sp³-hybridized carbons (Fsp3) is 0.500. The molecule has 27 heavy (non-hydrogen) atoms. The molecule has 0 aliphatic rings. The Labute approximate surface area is 192 Å². The molecule has 11 heteroatoms. The van der Waals surface area contributed by atoms with E-state index in [1.807, 2.05) is 0 Å². The van der Waals surface area contributed by atoms with E-state index in [1.165, 1.54) is 0 Å². The number of hydrogen-bond acceptors (Lipinski definition) is 4. The van der Waals surface area contributed by atoms with Crippen molar-refractivity contribution in [3.05, 3.63) is 17.9 Å². The Morgan fingerprint density at radius 2 is 1.59 bits per heavy atom. The largest absolute Gasteiger partial charge is 0.370 e. The number of anilines is 1. The molecule has 2 rings (SSSR count). The van der Waals surface area contributed by atoms with Crippen LogP contribution in [0.1, 0.15) is 12.8 Å². The van der Waals surface area contributed by atoms with Crippen molar-refractivity contribution in [2.45, 2.75) is 12.8 Å². The average Bonchev–Trinajstić information content (AvgIpc) is 3.05. The van der Waals surface area contributed by atoms with Crippen LogP contribution < -0.4 is 16.4 Å². The van der Waals surface area contributed by atoms with Crippen LogP contribution in [0.15, 0.2) is 22.9 Å². The first-order valence-corrected chi connectivity index (χ1v) is 11.6. The zero-order valence-corrected chi connectivity index (χ0v) is 21.5. The zero-order valence-electron chi connectivity index (χ0n) is 15.2. The number of rotatable bonds is 9. The molecular formula is C16H23Br4N7. The Kier molecular flexibility index (Phi) is 8.85. The predicted octanol–water partition coefficient (Wildman–Crippen LogP) is 4.03. The molecule has 0 radical (unpaired) electrons. The third-order valence-corrected chi connectivity index (χ3v) is 8.66. The Morgan fingerprint density at radius 3 is 2.22 bits per heavy atom. The van der Waals surface area contributed by atoms with Gasteiger partial charge in [0.2, 0.25) is 5.95 Å². The number of hydrogen-bond donors (Lipinski definition) is 3. The molecule has 0 fully saturated rings. The van der Waals surface area contributed by atoms with Crippen LogP contribution >= 0.6 is 63.7 Å². The van der Waals surface area contributed by atoms with Crippen LogP contribution in [0.2, 0.25) is 0 Å². The molecule has 0 saturated carbocycles. The maximum absolute atomic E-state index is 5.42. The number of halogens is 4. The summed E-state index contributed by atoms with van der Waals surface area (Å²) in [6, 6.07) is 0. The molecule has 5 N–H and O–H groups in total. The van der Waals surface area contributed by atoms with Crippen molar-refractivity contribution in [1.82, 2.24) is 14.9 Å². The molecule has 150 valence electrons. The number of guanidine groups is 1. The van der Waals surface area contributed by atoms with E-state index in [1.54, 1.807) is 0 Å². The quantitative estimate of drug-likeness (QED) is 0.128. The minimum absolute atomic E-state index is 0.125. The van der Waals surface area contributed by atoms with Crippen molar-refractivity contribution in [3.63, 3.8) is 0 Å². The second-order valence-electron chi connectivity index (χ2n) is 6.34. The second kappa shape index (κ2) is 10.4. The summed E-state index contributed by atoms with van der Waals surface area (Å²) in [6.07, 6.45) is 1.87. The van der Waals surface area contributed by atoms with Crippen molar-refractivity contribution in [2.24, 2.45) is 16.5 Å². The summed E-state index contributed by atoms with van der Waals surface area (Å²) < 4.78 is 3.69. The van der Waals surface area contributed by atoms with E-state index in [-0.39, 0.29) is 5.96 Å². The summed E-state index contributed by atoms with van der Waals surface area (Å²) in [5.74, 6) is 0.959. The lowest BCUT2D eigenvalue weighted by Gasteiger charge is -2.22. The standard InChI is InChI=1S/C16H23Br4N7/c1-26(2)6-4-8-27(7-3-5-23-15(21)22)16-24-13-11(19)9(17)10(18)12(20)14(13)25-16/h3-8H2,1-2H3,(H,24,25)(H4,21,22,23). The molecule has 0 unspecified atom stereocenters. The van der Waals surface area contributed by atoms with E-state index in [4.69, 9.17) is 16.5 Å². The van der Waals surface area contributed by atoms with Crippen molar-refractivity contribution in [2.75, 3.05) is 45.2 Å². The van der Waals surface area contributed by atoms with Crippen LogP contribution in [0.4, 0.5) is 5.95 Å². The van der Waals surface area contributed by atoms with Gasteiger partial charge >= 0.3 is 0 Å². The van der Waals surface area contributed by atoms with Crippen LogP contribution in [-0.2, 0) is 0 Å². The third-order valence-electron chi connectivity index (χ3n) is 3.91. The van der Waals surface area contributed by atoms with Gasteiger partial charge in [-0.15, -0.1) is 0 Å².